The molecule has 1 aliphatic rings. The van der Waals surface area contributed by atoms with E-state index in [1.807, 2.05) is 51.1 Å². The Kier molecular flexibility index (Phi) is 5.40. The van der Waals surface area contributed by atoms with Gasteiger partial charge in [-0.05, 0) is 62.2 Å². The summed E-state index contributed by atoms with van der Waals surface area (Å²) in [7, 11) is 0. The molecule has 0 saturated carbocycles. The smallest absolute Gasteiger partial charge is 0.242 e. The predicted molar refractivity (Wildman–Crippen MR) is 98.2 cm³/mol. The Morgan fingerprint density at radius 3 is 2.58 bits per heavy atom. The van der Waals surface area contributed by atoms with Gasteiger partial charge >= 0.3 is 0 Å². The Labute approximate surface area is 153 Å². The molecule has 2 aromatic rings. The van der Waals surface area contributed by atoms with Gasteiger partial charge < -0.3 is 14.3 Å². The molecule has 1 atom stereocenters. The van der Waals surface area contributed by atoms with E-state index in [4.69, 9.17) is 19.6 Å². The molecule has 0 aliphatic carbocycles. The molecule has 0 amide bonds. The summed E-state index contributed by atoms with van der Waals surface area (Å²) >= 11 is 0. The molecule has 3 rings (SSSR count). The van der Waals surface area contributed by atoms with Gasteiger partial charge in [0.05, 0.1) is 24.8 Å². The van der Waals surface area contributed by atoms with Gasteiger partial charge in [0.1, 0.15) is 0 Å². The van der Waals surface area contributed by atoms with Crippen LogP contribution in [0.2, 0.25) is 0 Å². The monoisotopic (exact) mass is 351 g/mol. The zero-order chi connectivity index (χ0) is 18.5. The second-order valence-electron chi connectivity index (χ2n) is 5.77. The number of aliphatic imine (C=N–C) groups is 1. The predicted octanol–water partition coefficient (Wildman–Crippen LogP) is 3.64. The van der Waals surface area contributed by atoms with E-state index in [0.717, 1.165) is 16.7 Å². The number of hydrogen-bond acceptors (Lipinski definition) is 6. The Bertz CT molecular complexity index is 871. The van der Waals surface area contributed by atoms with Crippen molar-refractivity contribution in [3.8, 4) is 17.6 Å². The number of hydrogen-bond donors (Lipinski definition) is 1. The second-order valence-corrected chi connectivity index (χ2v) is 5.77. The molecular weight excluding hydrogens is 330 g/mol. The normalized spacial score (nSPS) is 15.8. The van der Waals surface area contributed by atoms with Crippen molar-refractivity contribution in [3.63, 3.8) is 0 Å². The van der Waals surface area contributed by atoms with Crippen LogP contribution in [-0.2, 0) is 4.84 Å². The van der Waals surface area contributed by atoms with Crippen molar-refractivity contribution in [3.05, 3.63) is 58.7 Å². The van der Waals surface area contributed by atoms with Gasteiger partial charge in [0, 0.05) is 5.56 Å². The third kappa shape index (κ3) is 3.63. The van der Waals surface area contributed by atoms with Gasteiger partial charge in [-0.1, -0.05) is 6.07 Å². The lowest BCUT2D eigenvalue weighted by molar-refractivity contribution is 0.180. The Morgan fingerprint density at radius 1 is 1.12 bits per heavy atom. The highest BCUT2D eigenvalue weighted by atomic mass is 16.7. The van der Waals surface area contributed by atoms with Gasteiger partial charge in [0.2, 0.25) is 5.90 Å². The van der Waals surface area contributed by atoms with Crippen LogP contribution in [0.15, 0.2) is 41.4 Å². The maximum Gasteiger partial charge on any atom is 0.242 e. The summed E-state index contributed by atoms with van der Waals surface area (Å²) in [4.78, 5) is 10.2. The van der Waals surface area contributed by atoms with E-state index in [9.17, 15) is 0 Å². The summed E-state index contributed by atoms with van der Waals surface area (Å²) < 4.78 is 11.2. The zero-order valence-electron chi connectivity index (χ0n) is 15.1. The molecule has 0 radical (unpaired) electrons. The van der Waals surface area contributed by atoms with Gasteiger partial charge in [0.15, 0.2) is 17.7 Å². The molecule has 0 spiro atoms. The van der Waals surface area contributed by atoms with Crippen molar-refractivity contribution in [2.24, 2.45) is 4.99 Å². The first-order valence-corrected chi connectivity index (χ1v) is 8.57. The third-order valence-corrected chi connectivity index (χ3v) is 4.00. The van der Waals surface area contributed by atoms with Crippen molar-refractivity contribution in [1.29, 1.82) is 5.26 Å². The van der Waals surface area contributed by atoms with Gasteiger partial charge in [-0.3, -0.25) is 0 Å². The van der Waals surface area contributed by atoms with E-state index in [1.165, 1.54) is 0 Å². The highest BCUT2D eigenvalue weighted by molar-refractivity contribution is 5.95. The van der Waals surface area contributed by atoms with Gasteiger partial charge in [-0.25, -0.2) is 4.99 Å². The molecule has 1 heterocycles. The molecule has 1 N–H and O–H groups in total. The highest BCUT2D eigenvalue weighted by Gasteiger charge is 2.23. The van der Waals surface area contributed by atoms with Crippen LogP contribution in [-0.4, -0.2) is 19.1 Å². The lowest BCUT2D eigenvalue weighted by atomic mass is 10.0. The maximum absolute atomic E-state index is 9.00. The molecule has 6 heteroatoms. The van der Waals surface area contributed by atoms with Crippen molar-refractivity contribution in [1.82, 2.24) is 5.48 Å². The molecule has 2 aromatic carbocycles. The average Bonchev–Trinajstić information content (AvgIpc) is 3.13. The van der Waals surface area contributed by atoms with Gasteiger partial charge in [0.25, 0.3) is 0 Å². The number of ether oxygens (including phenoxy) is 2. The molecule has 134 valence electrons. The largest absolute Gasteiger partial charge is 0.490 e. The second kappa shape index (κ2) is 7.89. The first-order valence-electron chi connectivity index (χ1n) is 8.57. The minimum atomic E-state index is -0.320. The Morgan fingerprint density at radius 2 is 1.88 bits per heavy atom. The number of benzene rings is 2. The summed E-state index contributed by atoms with van der Waals surface area (Å²) in [5, 5.41) is 9.00. The molecule has 1 aliphatic heterocycles. The minimum Gasteiger partial charge on any atom is -0.490 e. The van der Waals surface area contributed by atoms with E-state index in [-0.39, 0.29) is 6.17 Å². The summed E-state index contributed by atoms with van der Waals surface area (Å²) in [5.74, 6) is 1.85. The van der Waals surface area contributed by atoms with E-state index in [0.29, 0.717) is 36.2 Å². The van der Waals surface area contributed by atoms with E-state index < -0.39 is 0 Å². The fraction of sp³-hybridized carbons (Fsp3) is 0.300. The maximum atomic E-state index is 9.00. The van der Waals surface area contributed by atoms with Crippen LogP contribution in [0.25, 0.3) is 0 Å². The number of hydroxylamine groups is 1. The lowest BCUT2D eigenvalue weighted by Crippen LogP contribution is -2.15. The van der Waals surface area contributed by atoms with Crippen LogP contribution in [0.1, 0.15) is 42.3 Å². The van der Waals surface area contributed by atoms with Crippen molar-refractivity contribution >= 4 is 5.90 Å². The standard InChI is InChI=1S/C20H21N3O3/c1-4-24-17-9-7-15(11-18(17)25-5-2)20-22-19(23-26-20)16-8-6-14(12-21)10-13(16)3/h6-11,19,23H,4-5H2,1-3H3. The summed E-state index contributed by atoms with van der Waals surface area (Å²) in [6.45, 7) is 6.93. The van der Waals surface area contributed by atoms with Crippen LogP contribution < -0.4 is 15.0 Å². The molecule has 0 aromatic heterocycles. The summed E-state index contributed by atoms with van der Waals surface area (Å²) in [5.41, 5.74) is 6.31. The van der Waals surface area contributed by atoms with Crippen LogP contribution in [0.4, 0.5) is 0 Å². The number of nitriles is 1. The van der Waals surface area contributed by atoms with Gasteiger partial charge in [-0.15, -0.1) is 5.48 Å². The first-order chi connectivity index (χ1) is 12.7. The zero-order valence-corrected chi connectivity index (χ0v) is 15.1. The Hall–Kier alpha value is -3.04. The van der Waals surface area contributed by atoms with Gasteiger partial charge in [-0.2, -0.15) is 5.26 Å². The fourth-order valence-electron chi connectivity index (χ4n) is 2.78. The molecule has 1 unspecified atom stereocenters. The highest BCUT2D eigenvalue weighted by Crippen LogP contribution is 2.31. The average molecular weight is 351 g/mol. The molecule has 0 bridgehead atoms. The topological polar surface area (TPSA) is 75.9 Å². The fourth-order valence-corrected chi connectivity index (χ4v) is 2.78. The van der Waals surface area contributed by atoms with Crippen LogP contribution >= 0.6 is 0 Å². The molecule has 0 saturated heterocycles. The third-order valence-electron chi connectivity index (χ3n) is 4.00. The summed E-state index contributed by atoms with van der Waals surface area (Å²) in [6.07, 6.45) is -0.320. The van der Waals surface area contributed by atoms with Crippen molar-refractivity contribution < 1.29 is 14.3 Å². The first kappa shape index (κ1) is 17.8. The number of nitrogens with one attached hydrogen (secondary N) is 1. The van der Waals surface area contributed by atoms with Crippen molar-refractivity contribution in [2.45, 2.75) is 26.9 Å². The molecule has 0 fully saturated rings. The lowest BCUT2D eigenvalue weighted by Gasteiger charge is -2.12. The van der Waals surface area contributed by atoms with E-state index in [2.05, 4.69) is 16.5 Å². The van der Waals surface area contributed by atoms with Crippen LogP contribution in [0, 0.1) is 18.3 Å². The quantitative estimate of drug-likeness (QED) is 0.860. The molecule has 6 nitrogen and oxygen atoms in total. The van der Waals surface area contributed by atoms with Crippen molar-refractivity contribution in [2.75, 3.05) is 13.2 Å². The molecule has 26 heavy (non-hydrogen) atoms. The van der Waals surface area contributed by atoms with Crippen LogP contribution in [0.5, 0.6) is 11.5 Å². The SMILES string of the molecule is CCOc1ccc(C2=NC(c3ccc(C#N)cc3C)NO2)cc1OCC. The van der Waals surface area contributed by atoms with E-state index in [1.54, 1.807) is 6.07 Å². The number of rotatable bonds is 6. The van der Waals surface area contributed by atoms with E-state index >= 15 is 0 Å². The molecular formula is C20H21N3O3. The minimum absolute atomic E-state index is 0.320. The number of nitrogens with zero attached hydrogens (tertiary/aromatic N) is 2. The van der Waals surface area contributed by atoms with Crippen LogP contribution in [0.3, 0.4) is 0 Å². The number of aryl methyl sites for hydroxylation is 1. The summed E-state index contributed by atoms with van der Waals surface area (Å²) in [6, 6.07) is 13.3. The Balaban J connectivity index is 1.88.